The van der Waals surface area contributed by atoms with E-state index in [0.717, 1.165) is 18.9 Å². The molecule has 0 amide bonds. The fourth-order valence-electron chi connectivity index (χ4n) is 1.64. The van der Waals surface area contributed by atoms with E-state index in [2.05, 4.69) is 10.3 Å². The molecule has 1 fully saturated rings. The predicted octanol–water partition coefficient (Wildman–Crippen LogP) is 2.66. The normalized spacial score (nSPS) is 14.4. The number of aromatic nitrogens is 1. The number of carboxylic acid groups (broad SMARTS) is 1. The highest BCUT2D eigenvalue weighted by molar-refractivity contribution is 6.29. The third-order valence-electron chi connectivity index (χ3n) is 2.86. The first kappa shape index (κ1) is 14.1. The van der Waals surface area contributed by atoms with Crippen LogP contribution in [-0.4, -0.2) is 35.8 Å². The monoisotopic (exact) mass is 284 g/mol. The maximum atomic E-state index is 10.9. The smallest absolute Gasteiger partial charge is 0.335 e. The number of hydrogen-bond donors (Lipinski definition) is 2. The minimum absolute atomic E-state index is 0.132. The van der Waals surface area contributed by atoms with E-state index in [0.29, 0.717) is 19.0 Å². The number of rotatable bonds is 8. The molecular weight excluding hydrogens is 268 g/mol. The van der Waals surface area contributed by atoms with Crippen molar-refractivity contribution in [2.24, 2.45) is 5.92 Å². The van der Waals surface area contributed by atoms with Crippen LogP contribution < -0.4 is 5.32 Å². The van der Waals surface area contributed by atoms with Crippen LogP contribution in [0.1, 0.15) is 29.6 Å². The molecule has 0 aliphatic heterocycles. The van der Waals surface area contributed by atoms with Gasteiger partial charge in [-0.05, 0) is 37.3 Å². The summed E-state index contributed by atoms with van der Waals surface area (Å²) in [5, 5.41) is 12.1. The minimum Gasteiger partial charge on any atom is -0.478 e. The van der Waals surface area contributed by atoms with Gasteiger partial charge in [-0.1, -0.05) is 11.6 Å². The summed E-state index contributed by atoms with van der Waals surface area (Å²) in [4.78, 5) is 14.9. The molecule has 1 aliphatic carbocycles. The number of halogens is 1. The second-order valence-corrected chi connectivity index (χ2v) is 5.05. The molecule has 0 spiro atoms. The van der Waals surface area contributed by atoms with Gasteiger partial charge in [0.25, 0.3) is 0 Å². The van der Waals surface area contributed by atoms with Crippen molar-refractivity contribution in [3.8, 4) is 0 Å². The lowest BCUT2D eigenvalue weighted by molar-refractivity contribution is 0.0697. The average Bonchev–Trinajstić information content (AvgIpc) is 3.17. The van der Waals surface area contributed by atoms with Crippen LogP contribution in [0.2, 0.25) is 5.15 Å². The van der Waals surface area contributed by atoms with Gasteiger partial charge < -0.3 is 15.2 Å². The van der Waals surface area contributed by atoms with E-state index in [9.17, 15) is 4.79 Å². The number of ether oxygens (including phenoxy) is 1. The number of nitrogens with zero attached hydrogens (tertiary/aromatic N) is 1. The average molecular weight is 285 g/mol. The Kier molecular flexibility index (Phi) is 4.99. The van der Waals surface area contributed by atoms with E-state index in [4.69, 9.17) is 21.4 Å². The third kappa shape index (κ3) is 5.04. The van der Waals surface area contributed by atoms with Crippen LogP contribution >= 0.6 is 11.6 Å². The van der Waals surface area contributed by atoms with Crippen LogP contribution in [0.3, 0.4) is 0 Å². The van der Waals surface area contributed by atoms with E-state index in [1.54, 1.807) is 0 Å². The summed E-state index contributed by atoms with van der Waals surface area (Å²) >= 11 is 5.76. The second kappa shape index (κ2) is 6.73. The number of carbonyl (C=O) groups is 1. The minimum atomic E-state index is -1.01. The van der Waals surface area contributed by atoms with Crippen LogP contribution in [0, 0.1) is 5.92 Å². The molecule has 0 bridgehead atoms. The Morgan fingerprint density at radius 3 is 3.00 bits per heavy atom. The molecule has 1 aromatic heterocycles. The zero-order chi connectivity index (χ0) is 13.7. The summed E-state index contributed by atoms with van der Waals surface area (Å²) < 4.78 is 5.50. The molecular formula is C13H17ClN2O3. The largest absolute Gasteiger partial charge is 0.478 e. The lowest BCUT2D eigenvalue weighted by Crippen LogP contribution is -2.09. The third-order valence-corrected chi connectivity index (χ3v) is 3.06. The van der Waals surface area contributed by atoms with E-state index in [-0.39, 0.29) is 10.7 Å². The summed E-state index contributed by atoms with van der Waals surface area (Å²) in [6.07, 6.45) is 3.44. The Bertz CT molecular complexity index is 450. The van der Waals surface area contributed by atoms with Crippen LogP contribution in [0.4, 0.5) is 5.82 Å². The molecule has 1 heterocycles. The lowest BCUT2D eigenvalue weighted by atomic mass is 10.2. The van der Waals surface area contributed by atoms with Gasteiger partial charge >= 0.3 is 5.97 Å². The highest BCUT2D eigenvalue weighted by atomic mass is 35.5. The van der Waals surface area contributed by atoms with Crippen molar-refractivity contribution >= 4 is 23.4 Å². The molecule has 0 aromatic carbocycles. The summed E-state index contributed by atoms with van der Waals surface area (Å²) in [6, 6.07) is 2.80. The predicted molar refractivity (Wildman–Crippen MR) is 72.9 cm³/mol. The molecule has 2 N–H and O–H groups in total. The zero-order valence-electron chi connectivity index (χ0n) is 10.6. The molecule has 5 nitrogen and oxygen atoms in total. The highest BCUT2D eigenvalue weighted by Crippen LogP contribution is 2.28. The Hall–Kier alpha value is -1.33. The van der Waals surface area contributed by atoms with Crippen LogP contribution in [0.25, 0.3) is 0 Å². The van der Waals surface area contributed by atoms with Crippen molar-refractivity contribution in [2.75, 3.05) is 25.1 Å². The first-order valence-electron chi connectivity index (χ1n) is 6.37. The summed E-state index contributed by atoms with van der Waals surface area (Å²) in [5.41, 5.74) is 0.132. The summed E-state index contributed by atoms with van der Waals surface area (Å²) in [7, 11) is 0. The molecule has 6 heteroatoms. The highest BCUT2D eigenvalue weighted by Gasteiger charge is 2.20. The Balaban J connectivity index is 1.70. The van der Waals surface area contributed by atoms with Gasteiger partial charge in [-0.2, -0.15) is 0 Å². The van der Waals surface area contributed by atoms with Gasteiger partial charge in [0.05, 0.1) is 5.56 Å². The first-order chi connectivity index (χ1) is 9.15. The molecule has 0 unspecified atom stereocenters. The van der Waals surface area contributed by atoms with Gasteiger partial charge in [0.2, 0.25) is 0 Å². The fourth-order valence-corrected chi connectivity index (χ4v) is 1.84. The molecule has 1 saturated carbocycles. The van der Waals surface area contributed by atoms with Crippen molar-refractivity contribution in [3.63, 3.8) is 0 Å². The van der Waals surface area contributed by atoms with Crippen molar-refractivity contribution < 1.29 is 14.6 Å². The Morgan fingerprint density at radius 2 is 2.32 bits per heavy atom. The summed E-state index contributed by atoms with van der Waals surface area (Å²) in [5.74, 6) is 0.243. The van der Waals surface area contributed by atoms with E-state index < -0.39 is 5.97 Å². The van der Waals surface area contributed by atoms with Gasteiger partial charge in [0.1, 0.15) is 11.0 Å². The number of hydrogen-bond acceptors (Lipinski definition) is 4. The number of nitrogens with one attached hydrogen (secondary N) is 1. The molecule has 2 rings (SSSR count). The number of anilines is 1. The van der Waals surface area contributed by atoms with E-state index in [1.807, 2.05) is 0 Å². The molecule has 1 aliphatic rings. The number of aromatic carboxylic acids is 1. The van der Waals surface area contributed by atoms with Crippen LogP contribution in [0.5, 0.6) is 0 Å². The fraction of sp³-hybridized carbons (Fsp3) is 0.538. The van der Waals surface area contributed by atoms with Crippen molar-refractivity contribution in [1.82, 2.24) is 4.98 Å². The topological polar surface area (TPSA) is 71.5 Å². The van der Waals surface area contributed by atoms with Crippen LogP contribution in [0.15, 0.2) is 12.1 Å². The molecule has 0 atom stereocenters. The maximum Gasteiger partial charge on any atom is 0.335 e. The van der Waals surface area contributed by atoms with E-state index in [1.165, 1.54) is 25.0 Å². The molecule has 1 aromatic rings. The van der Waals surface area contributed by atoms with Crippen molar-refractivity contribution in [3.05, 3.63) is 22.8 Å². The van der Waals surface area contributed by atoms with Gasteiger partial charge in [0.15, 0.2) is 0 Å². The quantitative estimate of drug-likeness (QED) is 0.567. The summed E-state index contributed by atoms with van der Waals surface area (Å²) in [6.45, 7) is 2.24. The molecule has 104 valence electrons. The molecule has 0 saturated heterocycles. The molecule has 19 heavy (non-hydrogen) atoms. The molecule has 0 radical (unpaired) electrons. The van der Waals surface area contributed by atoms with E-state index >= 15 is 0 Å². The van der Waals surface area contributed by atoms with Crippen LogP contribution in [-0.2, 0) is 4.74 Å². The first-order valence-corrected chi connectivity index (χ1v) is 6.75. The standard InChI is InChI=1S/C13H17ClN2O3/c14-11-6-10(13(17)18)7-12(16-11)15-4-1-5-19-8-9-2-3-9/h6-7,9H,1-5,8H2,(H,15,16)(H,17,18). The van der Waals surface area contributed by atoms with Crippen molar-refractivity contribution in [1.29, 1.82) is 0 Å². The number of carboxylic acids is 1. The maximum absolute atomic E-state index is 10.9. The zero-order valence-corrected chi connectivity index (χ0v) is 11.3. The Labute approximate surface area is 116 Å². The van der Waals surface area contributed by atoms with Gasteiger partial charge in [0, 0.05) is 19.8 Å². The Morgan fingerprint density at radius 1 is 1.53 bits per heavy atom. The second-order valence-electron chi connectivity index (χ2n) is 4.67. The van der Waals surface area contributed by atoms with Gasteiger partial charge in [-0.3, -0.25) is 0 Å². The number of pyridine rings is 1. The van der Waals surface area contributed by atoms with Gasteiger partial charge in [-0.25, -0.2) is 9.78 Å². The lowest BCUT2D eigenvalue weighted by Gasteiger charge is -2.07. The SMILES string of the molecule is O=C(O)c1cc(Cl)nc(NCCCOCC2CC2)c1. The van der Waals surface area contributed by atoms with Gasteiger partial charge in [-0.15, -0.1) is 0 Å². The van der Waals surface area contributed by atoms with Crippen molar-refractivity contribution in [2.45, 2.75) is 19.3 Å².